The molecule has 2 amide bonds. The summed E-state index contributed by atoms with van der Waals surface area (Å²) < 4.78 is 30.8. The zero-order chi connectivity index (χ0) is 40.5. The Labute approximate surface area is 324 Å². The minimum atomic E-state index is -1.73. The number of epoxide rings is 1. The number of ether oxygens (including phenoxy) is 5. The fourth-order valence-electron chi connectivity index (χ4n) is 7.68. The molecule has 56 heavy (non-hydrogen) atoms. The molecule has 318 valence electrons. The molecule has 0 radical (unpaired) electrons. The van der Waals surface area contributed by atoms with Crippen molar-refractivity contribution in [2.75, 3.05) is 6.61 Å². The number of carbonyl (C=O) groups excluding carboxylic acids is 2. The van der Waals surface area contributed by atoms with Crippen LogP contribution >= 0.6 is 0 Å². The van der Waals surface area contributed by atoms with Gasteiger partial charge in [0.2, 0.25) is 11.8 Å². The third-order valence-corrected chi connectivity index (χ3v) is 11.0. The number of carbonyl (C=O) groups is 2. The number of aromatic amines is 1. The number of aromatic nitrogens is 2. The molecule has 9 N–H and O–H groups in total. The van der Waals surface area contributed by atoms with Gasteiger partial charge in [0, 0.05) is 31.5 Å². The molecule has 4 saturated heterocycles. The van der Waals surface area contributed by atoms with E-state index in [2.05, 4.69) is 24.5 Å². The van der Waals surface area contributed by atoms with Crippen molar-refractivity contribution >= 4 is 11.8 Å². The van der Waals surface area contributed by atoms with Gasteiger partial charge in [-0.15, -0.1) is 0 Å². The van der Waals surface area contributed by atoms with E-state index < -0.39 is 122 Å². The van der Waals surface area contributed by atoms with Crippen molar-refractivity contribution in [3.63, 3.8) is 0 Å². The average molecular weight is 801 g/mol. The summed E-state index contributed by atoms with van der Waals surface area (Å²) in [6.45, 7) is 3.75. The van der Waals surface area contributed by atoms with E-state index in [0.717, 1.165) is 68.2 Å². The van der Waals surface area contributed by atoms with Crippen LogP contribution in [0, 0.1) is 0 Å². The molecule has 4 aliphatic heterocycles. The topological polar surface area (TPSA) is 284 Å². The lowest BCUT2D eigenvalue weighted by molar-refractivity contribution is -0.328. The molecule has 0 bridgehead atoms. The first kappa shape index (κ1) is 44.3. The zero-order valence-electron chi connectivity index (χ0n) is 32.0. The van der Waals surface area contributed by atoms with E-state index in [1.54, 1.807) is 0 Å². The number of hydrogen-bond donors (Lipinski definition) is 9. The van der Waals surface area contributed by atoms with Crippen LogP contribution in [0.2, 0.25) is 0 Å². The van der Waals surface area contributed by atoms with Crippen molar-refractivity contribution in [3.8, 4) is 0 Å². The van der Waals surface area contributed by atoms with Crippen LogP contribution < -0.4 is 21.9 Å². The molecule has 15 atom stereocenters. The summed E-state index contributed by atoms with van der Waals surface area (Å²) in [6.07, 6.45) is -7.73. The Balaban J connectivity index is 1.32. The summed E-state index contributed by atoms with van der Waals surface area (Å²) in [5.74, 6) is -0.709. The second-order valence-corrected chi connectivity index (χ2v) is 15.3. The summed E-state index contributed by atoms with van der Waals surface area (Å²) in [5, 5.41) is 71.2. The van der Waals surface area contributed by atoms with Crippen molar-refractivity contribution in [1.29, 1.82) is 0 Å². The monoisotopic (exact) mass is 800 g/mol. The number of unbranched alkanes of at least 4 members (excludes halogenated alkanes) is 8. The minimum Gasteiger partial charge on any atom is -0.394 e. The number of aliphatic hydroxyl groups is 6. The van der Waals surface area contributed by atoms with Crippen LogP contribution in [0.3, 0.4) is 0 Å². The molecule has 4 fully saturated rings. The van der Waals surface area contributed by atoms with E-state index >= 15 is 0 Å². The summed E-state index contributed by atoms with van der Waals surface area (Å²) in [6, 6.07) is -1.21. The Morgan fingerprint density at radius 1 is 0.768 bits per heavy atom. The van der Waals surface area contributed by atoms with E-state index in [-0.39, 0.29) is 18.7 Å². The fraction of sp³-hybridized carbons (Fsp3) is 0.838. The first-order valence-corrected chi connectivity index (χ1v) is 20.1. The van der Waals surface area contributed by atoms with Crippen LogP contribution in [0.25, 0.3) is 0 Å². The largest absolute Gasteiger partial charge is 0.394 e. The number of nitrogens with zero attached hydrogens (tertiary/aromatic N) is 1. The van der Waals surface area contributed by atoms with Gasteiger partial charge in [-0.3, -0.25) is 23.9 Å². The number of amides is 2. The Hall–Kier alpha value is -2.82. The molecule has 1 aromatic heterocycles. The molecule has 5 heterocycles. The lowest BCUT2D eigenvalue weighted by atomic mass is 9.91. The molecule has 1 aromatic rings. The molecule has 0 spiro atoms. The summed E-state index contributed by atoms with van der Waals surface area (Å²) >= 11 is 0. The molecule has 5 rings (SSSR count). The molecule has 19 heteroatoms. The molecule has 0 saturated carbocycles. The number of H-pyrrole nitrogens is 1. The highest BCUT2D eigenvalue weighted by molar-refractivity contribution is 5.76. The van der Waals surface area contributed by atoms with Gasteiger partial charge >= 0.3 is 5.69 Å². The molecule has 19 nitrogen and oxygen atoms in total. The van der Waals surface area contributed by atoms with Crippen molar-refractivity contribution in [1.82, 2.24) is 20.2 Å². The van der Waals surface area contributed by atoms with Crippen LogP contribution in [0.4, 0.5) is 0 Å². The number of aliphatic hydroxyl groups excluding tert-OH is 6. The molecular weight excluding hydrogens is 740 g/mol. The van der Waals surface area contributed by atoms with Gasteiger partial charge in [0.15, 0.2) is 18.8 Å². The second kappa shape index (κ2) is 20.7. The van der Waals surface area contributed by atoms with Crippen LogP contribution in [-0.2, 0) is 33.3 Å². The maximum Gasteiger partial charge on any atom is 0.330 e. The van der Waals surface area contributed by atoms with Crippen LogP contribution in [0.15, 0.2) is 21.9 Å². The van der Waals surface area contributed by atoms with E-state index in [4.69, 9.17) is 23.7 Å². The van der Waals surface area contributed by atoms with Gasteiger partial charge in [-0.25, -0.2) is 4.79 Å². The van der Waals surface area contributed by atoms with E-state index in [1.165, 1.54) is 0 Å². The Morgan fingerprint density at radius 2 is 1.36 bits per heavy atom. The van der Waals surface area contributed by atoms with E-state index in [9.17, 15) is 49.8 Å². The summed E-state index contributed by atoms with van der Waals surface area (Å²) in [7, 11) is 0. The predicted molar refractivity (Wildman–Crippen MR) is 195 cm³/mol. The van der Waals surface area contributed by atoms with E-state index in [1.807, 2.05) is 4.98 Å². The second-order valence-electron chi connectivity index (χ2n) is 15.3. The maximum absolute atomic E-state index is 13.1. The van der Waals surface area contributed by atoms with Crippen molar-refractivity contribution in [2.45, 2.75) is 189 Å². The Morgan fingerprint density at radius 3 is 1.96 bits per heavy atom. The number of fused-ring (bicyclic) bond motifs is 1. The van der Waals surface area contributed by atoms with Crippen LogP contribution in [-0.4, -0.2) is 144 Å². The molecule has 4 aliphatic rings. The number of rotatable bonds is 21. The van der Waals surface area contributed by atoms with Crippen molar-refractivity contribution < 1.29 is 63.9 Å². The van der Waals surface area contributed by atoms with E-state index in [0.29, 0.717) is 12.8 Å². The molecule has 0 aromatic carbocycles. The molecule has 10 unspecified atom stereocenters. The number of nitrogens with one attached hydrogen (secondary N) is 3. The van der Waals surface area contributed by atoms with Crippen LogP contribution in [0.5, 0.6) is 0 Å². The lowest BCUT2D eigenvalue weighted by Crippen LogP contribution is -2.66. The highest BCUT2D eigenvalue weighted by Crippen LogP contribution is 2.40. The van der Waals surface area contributed by atoms with Gasteiger partial charge in [-0.05, 0) is 12.8 Å². The Bertz CT molecular complexity index is 1530. The summed E-state index contributed by atoms with van der Waals surface area (Å²) in [4.78, 5) is 52.2. The first-order chi connectivity index (χ1) is 26.9. The van der Waals surface area contributed by atoms with Gasteiger partial charge in [-0.2, -0.15) is 0 Å². The zero-order valence-corrected chi connectivity index (χ0v) is 32.0. The minimum absolute atomic E-state index is 0.123. The van der Waals surface area contributed by atoms with Crippen LogP contribution in [0.1, 0.15) is 104 Å². The highest BCUT2D eigenvalue weighted by atomic mass is 16.8. The van der Waals surface area contributed by atoms with Gasteiger partial charge in [0.05, 0.1) is 18.8 Å². The maximum atomic E-state index is 13.1. The Kier molecular flexibility index (Phi) is 16.4. The quantitative estimate of drug-likeness (QED) is 0.0508. The van der Waals surface area contributed by atoms with Gasteiger partial charge in [-0.1, -0.05) is 65.2 Å². The fourth-order valence-corrected chi connectivity index (χ4v) is 7.68. The smallest absolute Gasteiger partial charge is 0.330 e. The summed E-state index contributed by atoms with van der Waals surface area (Å²) in [5.41, 5.74) is -1.62. The standard InChI is InChI=1S/C37H60N4O15/c1-3-5-7-9-11-13-22(44)38-25-28(48)27(47)20(17-19(43)31-29(49)30(50)34(55-31)41-16-15-24(46)40-37(41)51)52-35(25)56-36-26(33-32(54-33)21(18-42)53-36)39-23(45)14-12-10-8-6-4-2/h15-16,19-21,25-36,42-43,47-50H,3-14,17-18H2,1-2H3,(H,38,44)(H,39,45)(H,40,46,51)/t19-,20?,21?,25?,26?,27?,28?,29+,30-,31-,32?,33?,34-,35?,36?/m1/s1. The van der Waals surface area contributed by atoms with Gasteiger partial charge in [0.25, 0.3) is 5.56 Å². The normalized spacial score (nSPS) is 35.8. The lowest BCUT2D eigenvalue weighted by Gasteiger charge is -2.45. The third-order valence-electron chi connectivity index (χ3n) is 11.0. The van der Waals surface area contributed by atoms with Crippen molar-refractivity contribution in [2.24, 2.45) is 0 Å². The highest BCUT2D eigenvalue weighted by Gasteiger charge is 2.60. The molecular formula is C37H60N4O15. The average Bonchev–Trinajstić information content (AvgIpc) is 3.92. The number of hydrogen-bond acceptors (Lipinski definition) is 15. The first-order valence-electron chi connectivity index (χ1n) is 20.1. The van der Waals surface area contributed by atoms with Crippen molar-refractivity contribution in [3.05, 3.63) is 33.1 Å². The van der Waals surface area contributed by atoms with Gasteiger partial charge < -0.3 is 65.0 Å². The van der Waals surface area contributed by atoms with Gasteiger partial charge in [0.1, 0.15) is 60.9 Å². The third kappa shape index (κ3) is 11.0. The predicted octanol–water partition coefficient (Wildman–Crippen LogP) is -1.45. The SMILES string of the molecule is CCCCCCCC(=O)NC1C(OC2OC(CO)C3OC3C2NC(=O)CCCCCCC)OC(C[C@@H](O)[C@H]2O[C@@H](n3ccc(=O)[nH]c3=O)[C@H](O)[C@@H]2O)C(O)C1O. The molecule has 0 aliphatic carbocycles.